The molecule has 2 rings (SSSR count). The third kappa shape index (κ3) is 2.60. The molecule has 94 valence electrons. The normalized spacial score (nSPS) is 18.1. The van der Waals surface area contributed by atoms with E-state index in [-0.39, 0.29) is 5.82 Å². The summed E-state index contributed by atoms with van der Waals surface area (Å²) in [7, 11) is -3.20. The van der Waals surface area contributed by atoms with E-state index >= 15 is 0 Å². The number of aromatic nitrogens is 2. The summed E-state index contributed by atoms with van der Waals surface area (Å²) in [4.78, 5) is 8.39. The van der Waals surface area contributed by atoms with Crippen molar-refractivity contribution < 1.29 is 8.42 Å². The van der Waals surface area contributed by atoms with E-state index in [1.807, 2.05) is 0 Å². The summed E-state index contributed by atoms with van der Waals surface area (Å²) in [5, 5.41) is -0.726. The second-order valence-electron chi connectivity index (χ2n) is 4.41. The summed E-state index contributed by atoms with van der Waals surface area (Å²) < 4.78 is 23.7. The van der Waals surface area contributed by atoms with E-state index in [1.54, 1.807) is 6.92 Å². The predicted molar refractivity (Wildman–Crippen MR) is 69.4 cm³/mol. The maximum atomic E-state index is 11.5. The minimum absolute atomic E-state index is 0.287. The van der Waals surface area contributed by atoms with Gasteiger partial charge in [0.1, 0.15) is 16.9 Å². The first kappa shape index (κ1) is 12.8. The van der Waals surface area contributed by atoms with Crippen molar-refractivity contribution in [1.82, 2.24) is 9.97 Å². The first-order valence-electron chi connectivity index (χ1n) is 5.32. The van der Waals surface area contributed by atoms with Crippen LogP contribution in [0, 0.1) is 0 Å². The Hall–Kier alpha value is -0.690. The molecule has 5 nitrogen and oxygen atoms in total. The summed E-state index contributed by atoms with van der Waals surface area (Å²) in [5.74, 6) is 0.989. The highest BCUT2D eigenvalue weighted by Gasteiger charge is 2.31. The van der Waals surface area contributed by atoms with Gasteiger partial charge in [-0.15, -0.1) is 0 Å². The lowest BCUT2D eigenvalue weighted by Crippen LogP contribution is -2.14. The zero-order valence-electron chi connectivity index (χ0n) is 9.64. The van der Waals surface area contributed by atoms with Gasteiger partial charge in [-0.3, -0.25) is 0 Å². The van der Waals surface area contributed by atoms with Crippen LogP contribution in [0.15, 0.2) is 4.47 Å². The van der Waals surface area contributed by atoms with Gasteiger partial charge in [-0.05, 0) is 35.7 Å². The van der Waals surface area contributed by atoms with Gasteiger partial charge in [-0.25, -0.2) is 18.4 Å². The average Bonchev–Trinajstić information content (AvgIpc) is 3.03. The lowest BCUT2D eigenvalue weighted by atomic mass is 10.2. The van der Waals surface area contributed by atoms with Crippen molar-refractivity contribution >= 4 is 31.6 Å². The monoisotopic (exact) mass is 319 g/mol. The molecule has 0 amide bonds. The number of anilines is 1. The van der Waals surface area contributed by atoms with Gasteiger partial charge in [0.05, 0.1) is 10.2 Å². The van der Waals surface area contributed by atoms with Crippen LogP contribution in [0.5, 0.6) is 0 Å². The van der Waals surface area contributed by atoms with Crippen LogP contribution in [0.2, 0.25) is 0 Å². The van der Waals surface area contributed by atoms with E-state index in [2.05, 4.69) is 25.9 Å². The second kappa shape index (κ2) is 4.20. The Kier molecular flexibility index (Phi) is 3.15. The molecule has 1 fully saturated rings. The zero-order valence-corrected chi connectivity index (χ0v) is 12.0. The fourth-order valence-corrected chi connectivity index (χ4v) is 2.49. The Balaban J connectivity index is 2.49. The van der Waals surface area contributed by atoms with Crippen molar-refractivity contribution in [3.05, 3.63) is 16.0 Å². The Morgan fingerprint density at radius 3 is 2.47 bits per heavy atom. The molecule has 1 aliphatic rings. The van der Waals surface area contributed by atoms with Crippen molar-refractivity contribution in [2.24, 2.45) is 0 Å². The van der Waals surface area contributed by atoms with Gasteiger partial charge in [0.25, 0.3) is 0 Å². The van der Waals surface area contributed by atoms with E-state index in [0.29, 0.717) is 16.2 Å². The fraction of sp³-hybridized carbons (Fsp3) is 0.600. The lowest BCUT2D eigenvalue weighted by Gasteiger charge is -2.12. The molecule has 2 N–H and O–H groups in total. The molecule has 1 atom stereocenters. The number of hydrogen-bond donors (Lipinski definition) is 1. The molecule has 1 saturated carbocycles. The molecule has 0 aliphatic heterocycles. The number of halogens is 1. The minimum Gasteiger partial charge on any atom is -0.383 e. The molecule has 0 radical (unpaired) electrons. The van der Waals surface area contributed by atoms with E-state index in [0.717, 1.165) is 18.5 Å². The molecule has 1 aromatic rings. The molecule has 0 saturated heterocycles. The first-order valence-corrected chi connectivity index (χ1v) is 8.07. The van der Waals surface area contributed by atoms with Crippen molar-refractivity contribution in [3.63, 3.8) is 0 Å². The Morgan fingerprint density at radius 1 is 1.41 bits per heavy atom. The third-order valence-electron chi connectivity index (χ3n) is 2.89. The fourth-order valence-electron chi connectivity index (χ4n) is 1.50. The topological polar surface area (TPSA) is 85.9 Å². The van der Waals surface area contributed by atoms with Crippen LogP contribution in [-0.2, 0) is 9.84 Å². The van der Waals surface area contributed by atoms with Crippen LogP contribution >= 0.6 is 15.9 Å². The van der Waals surface area contributed by atoms with Gasteiger partial charge in [0, 0.05) is 12.2 Å². The van der Waals surface area contributed by atoms with E-state index in [1.165, 1.54) is 6.26 Å². The van der Waals surface area contributed by atoms with E-state index < -0.39 is 15.1 Å². The van der Waals surface area contributed by atoms with Crippen LogP contribution in [-0.4, -0.2) is 24.6 Å². The highest BCUT2D eigenvalue weighted by atomic mass is 79.9. The molecule has 7 heteroatoms. The second-order valence-corrected chi connectivity index (χ2v) is 7.57. The molecule has 0 bridgehead atoms. The number of nitrogen functional groups attached to an aromatic ring is 1. The molecular formula is C10H14BrN3O2S. The Morgan fingerprint density at radius 2 is 2.00 bits per heavy atom. The van der Waals surface area contributed by atoms with Gasteiger partial charge in [-0.1, -0.05) is 0 Å². The number of nitrogens with two attached hydrogens (primary N) is 1. The smallest absolute Gasteiger partial charge is 0.157 e. The highest BCUT2D eigenvalue weighted by Crippen LogP contribution is 2.43. The molecule has 0 aromatic carbocycles. The van der Waals surface area contributed by atoms with Crippen molar-refractivity contribution in [3.8, 4) is 0 Å². The van der Waals surface area contributed by atoms with E-state index in [4.69, 9.17) is 5.73 Å². The number of hydrogen-bond acceptors (Lipinski definition) is 5. The van der Waals surface area contributed by atoms with E-state index in [9.17, 15) is 8.42 Å². The summed E-state index contributed by atoms with van der Waals surface area (Å²) in [6.07, 6.45) is 3.32. The SMILES string of the molecule is CC(c1nc(N)c(Br)c(C2CC2)n1)S(C)(=O)=O. The molecule has 1 heterocycles. The summed E-state index contributed by atoms with van der Waals surface area (Å²) in [5.41, 5.74) is 6.61. The molecule has 1 aromatic heterocycles. The number of rotatable bonds is 3. The Bertz CT molecular complexity index is 555. The molecule has 1 unspecified atom stereocenters. The summed E-state index contributed by atoms with van der Waals surface area (Å²) in [6.45, 7) is 1.58. The van der Waals surface area contributed by atoms with Gasteiger partial charge >= 0.3 is 0 Å². The summed E-state index contributed by atoms with van der Waals surface area (Å²) >= 11 is 3.36. The highest BCUT2D eigenvalue weighted by molar-refractivity contribution is 9.10. The first-order chi connectivity index (χ1) is 7.80. The van der Waals surface area contributed by atoms with Gasteiger partial charge in [0.2, 0.25) is 0 Å². The zero-order chi connectivity index (χ0) is 12.8. The molecule has 1 aliphatic carbocycles. The van der Waals surface area contributed by atoms with Crippen molar-refractivity contribution in [2.75, 3.05) is 12.0 Å². The molecule has 0 spiro atoms. The maximum absolute atomic E-state index is 11.5. The van der Waals surface area contributed by atoms with Crippen LogP contribution in [0.1, 0.15) is 42.5 Å². The largest absolute Gasteiger partial charge is 0.383 e. The lowest BCUT2D eigenvalue weighted by molar-refractivity contribution is 0.589. The van der Waals surface area contributed by atoms with Gasteiger partial charge < -0.3 is 5.73 Å². The van der Waals surface area contributed by atoms with Crippen LogP contribution in [0.3, 0.4) is 0 Å². The Labute approximate surface area is 109 Å². The van der Waals surface area contributed by atoms with Crippen molar-refractivity contribution in [2.45, 2.75) is 30.9 Å². The standard InChI is InChI=1S/C10H14BrN3O2S/c1-5(17(2,15)16)10-13-8(6-3-4-6)7(11)9(12)14-10/h5-6H,3-4H2,1-2H3,(H2,12,13,14). The number of nitrogens with zero attached hydrogens (tertiary/aromatic N) is 2. The minimum atomic E-state index is -3.20. The van der Waals surface area contributed by atoms with Crippen LogP contribution < -0.4 is 5.73 Å². The quantitative estimate of drug-likeness (QED) is 0.918. The van der Waals surface area contributed by atoms with Crippen molar-refractivity contribution in [1.29, 1.82) is 0 Å². The average molecular weight is 320 g/mol. The van der Waals surface area contributed by atoms with Crippen LogP contribution in [0.4, 0.5) is 5.82 Å². The summed E-state index contributed by atoms with van der Waals surface area (Å²) in [6, 6.07) is 0. The molecular weight excluding hydrogens is 306 g/mol. The predicted octanol–water partition coefficient (Wildman–Crippen LogP) is 1.80. The molecule has 17 heavy (non-hydrogen) atoms. The van der Waals surface area contributed by atoms with Crippen LogP contribution in [0.25, 0.3) is 0 Å². The van der Waals surface area contributed by atoms with Gasteiger partial charge in [0.15, 0.2) is 9.84 Å². The van der Waals surface area contributed by atoms with Gasteiger partial charge in [-0.2, -0.15) is 0 Å². The number of sulfone groups is 1. The maximum Gasteiger partial charge on any atom is 0.157 e. The third-order valence-corrected chi connectivity index (χ3v) is 5.20.